The number of anilines is 1. The summed E-state index contributed by atoms with van der Waals surface area (Å²) in [7, 11) is 0. The second-order valence-corrected chi connectivity index (χ2v) is 5.96. The summed E-state index contributed by atoms with van der Waals surface area (Å²) in [6.45, 7) is 4.64. The van der Waals surface area contributed by atoms with E-state index in [0.29, 0.717) is 0 Å². The topological polar surface area (TPSA) is 15.3 Å². The first kappa shape index (κ1) is 9.95. The first-order valence-electron chi connectivity index (χ1n) is 6.92. The number of hydrogen-bond acceptors (Lipinski definition) is 2. The van der Waals surface area contributed by atoms with Crippen LogP contribution in [0.25, 0.3) is 0 Å². The maximum atomic E-state index is 3.58. The lowest BCUT2D eigenvalue weighted by molar-refractivity contribution is 0.580. The molecule has 0 spiro atoms. The number of aryl methyl sites for hydroxylation is 1. The van der Waals surface area contributed by atoms with Crippen LogP contribution in [0.15, 0.2) is 18.2 Å². The second kappa shape index (κ2) is 3.49. The van der Waals surface area contributed by atoms with Gasteiger partial charge in [-0.25, -0.2) is 0 Å². The highest BCUT2D eigenvalue weighted by Crippen LogP contribution is 2.43. The third-order valence-corrected chi connectivity index (χ3v) is 4.67. The molecule has 1 aliphatic carbocycles. The van der Waals surface area contributed by atoms with Crippen molar-refractivity contribution < 1.29 is 0 Å². The first-order chi connectivity index (χ1) is 8.31. The molecule has 0 radical (unpaired) electrons. The van der Waals surface area contributed by atoms with Crippen LogP contribution >= 0.6 is 0 Å². The molecule has 1 aromatic rings. The Morgan fingerprint density at radius 2 is 2.18 bits per heavy atom. The van der Waals surface area contributed by atoms with Gasteiger partial charge in [-0.2, -0.15) is 0 Å². The number of nitrogens with zero attached hydrogens (tertiary/aromatic N) is 1. The van der Waals surface area contributed by atoms with Crippen LogP contribution in [0, 0.1) is 6.92 Å². The number of rotatable bonds is 2. The van der Waals surface area contributed by atoms with Crippen molar-refractivity contribution in [2.75, 3.05) is 18.0 Å². The fraction of sp³-hybridized carbons (Fsp3) is 0.600. The van der Waals surface area contributed by atoms with Crippen molar-refractivity contribution in [2.24, 2.45) is 0 Å². The largest absolute Gasteiger partial charge is 0.366 e. The van der Waals surface area contributed by atoms with Gasteiger partial charge in [0.05, 0.1) is 0 Å². The van der Waals surface area contributed by atoms with Crippen LogP contribution < -0.4 is 10.2 Å². The van der Waals surface area contributed by atoms with Crippen LogP contribution in [0.1, 0.15) is 36.3 Å². The summed E-state index contributed by atoms with van der Waals surface area (Å²) in [6, 6.07) is 8.60. The Morgan fingerprint density at radius 3 is 2.82 bits per heavy atom. The summed E-state index contributed by atoms with van der Waals surface area (Å²) in [4.78, 5) is 2.62. The van der Waals surface area contributed by atoms with Gasteiger partial charge in [-0.05, 0) is 55.4 Å². The zero-order valence-corrected chi connectivity index (χ0v) is 10.4. The molecule has 3 fully saturated rings. The monoisotopic (exact) mass is 228 g/mol. The standard InChI is InChI=1S/C15H20N2/c1-10-2-5-13(7-15(10)11-3-4-11)17-9-12-6-14(17)8-16-12/h2,5,7,11-12,14,16H,3-4,6,8-9H2,1H3/t12-,14-/m0/s1. The molecule has 2 nitrogen and oxygen atoms in total. The van der Waals surface area contributed by atoms with Gasteiger partial charge in [0.1, 0.15) is 0 Å². The van der Waals surface area contributed by atoms with Gasteiger partial charge in [-0.1, -0.05) is 6.07 Å². The fourth-order valence-electron chi connectivity index (χ4n) is 3.52. The molecule has 3 aliphatic rings. The second-order valence-electron chi connectivity index (χ2n) is 5.96. The van der Waals surface area contributed by atoms with Gasteiger partial charge in [0.2, 0.25) is 0 Å². The highest BCUT2D eigenvalue weighted by Gasteiger charge is 2.38. The molecule has 2 heteroatoms. The highest BCUT2D eigenvalue weighted by molar-refractivity contribution is 5.55. The van der Waals surface area contributed by atoms with Crippen molar-refractivity contribution in [1.29, 1.82) is 0 Å². The number of fused-ring (bicyclic) bond motifs is 2. The minimum absolute atomic E-state index is 0.741. The number of piperazine rings is 1. The molecule has 17 heavy (non-hydrogen) atoms. The van der Waals surface area contributed by atoms with E-state index in [1.54, 1.807) is 5.56 Å². The van der Waals surface area contributed by atoms with Crippen LogP contribution in [0.5, 0.6) is 0 Å². The van der Waals surface area contributed by atoms with E-state index in [1.165, 1.54) is 43.6 Å². The lowest BCUT2D eigenvalue weighted by Gasteiger charge is -2.30. The van der Waals surface area contributed by atoms with Gasteiger partial charge in [0, 0.05) is 30.9 Å². The van der Waals surface area contributed by atoms with Crippen molar-refractivity contribution in [3.05, 3.63) is 29.3 Å². The Kier molecular flexibility index (Phi) is 2.04. The smallest absolute Gasteiger partial charge is 0.0430 e. The van der Waals surface area contributed by atoms with Crippen molar-refractivity contribution >= 4 is 5.69 Å². The molecule has 2 atom stereocenters. The van der Waals surface area contributed by atoms with Crippen molar-refractivity contribution in [3.8, 4) is 0 Å². The molecule has 1 saturated carbocycles. The molecular weight excluding hydrogens is 208 g/mol. The van der Waals surface area contributed by atoms with E-state index >= 15 is 0 Å². The van der Waals surface area contributed by atoms with Gasteiger partial charge >= 0.3 is 0 Å². The van der Waals surface area contributed by atoms with Gasteiger partial charge in [-0.3, -0.25) is 0 Å². The van der Waals surface area contributed by atoms with E-state index in [0.717, 1.165) is 18.0 Å². The molecule has 90 valence electrons. The molecule has 1 N–H and O–H groups in total. The Bertz CT molecular complexity index is 450. The predicted molar refractivity (Wildman–Crippen MR) is 70.7 cm³/mol. The van der Waals surface area contributed by atoms with Crippen LogP contribution in [0.4, 0.5) is 5.69 Å². The molecule has 2 aliphatic heterocycles. The maximum absolute atomic E-state index is 3.58. The summed E-state index contributed by atoms with van der Waals surface area (Å²) in [5.74, 6) is 0.868. The van der Waals surface area contributed by atoms with Gasteiger partial charge in [0.15, 0.2) is 0 Å². The van der Waals surface area contributed by atoms with Crippen molar-refractivity contribution in [2.45, 2.75) is 44.2 Å². The average Bonchev–Trinajstić information content (AvgIpc) is 2.97. The third-order valence-electron chi connectivity index (χ3n) is 4.67. The lowest BCUT2D eigenvalue weighted by Crippen LogP contribution is -2.43. The molecule has 0 aromatic heterocycles. The molecule has 4 rings (SSSR count). The number of nitrogens with one attached hydrogen (secondary N) is 1. The SMILES string of the molecule is Cc1ccc(N2C[C@@H]3C[C@H]2CN3)cc1C1CC1. The molecule has 2 bridgehead atoms. The third kappa shape index (κ3) is 1.58. The van der Waals surface area contributed by atoms with Crippen LogP contribution in [0.2, 0.25) is 0 Å². The van der Waals surface area contributed by atoms with E-state index in [9.17, 15) is 0 Å². The Balaban J connectivity index is 1.67. The van der Waals surface area contributed by atoms with Crippen LogP contribution in [-0.4, -0.2) is 25.2 Å². The van der Waals surface area contributed by atoms with Crippen molar-refractivity contribution in [3.63, 3.8) is 0 Å². The van der Waals surface area contributed by atoms with Gasteiger partial charge in [0.25, 0.3) is 0 Å². The normalized spacial score (nSPS) is 31.2. The van der Waals surface area contributed by atoms with Crippen LogP contribution in [0.3, 0.4) is 0 Å². The van der Waals surface area contributed by atoms with E-state index in [2.05, 4.69) is 35.3 Å². The zero-order chi connectivity index (χ0) is 11.4. The summed E-state index contributed by atoms with van der Waals surface area (Å²) in [5.41, 5.74) is 4.56. The fourth-order valence-corrected chi connectivity index (χ4v) is 3.52. The Labute approximate surface area is 103 Å². The highest BCUT2D eigenvalue weighted by atomic mass is 15.3. The minimum Gasteiger partial charge on any atom is -0.366 e. The first-order valence-corrected chi connectivity index (χ1v) is 6.92. The summed E-state index contributed by atoms with van der Waals surface area (Å²) < 4.78 is 0. The number of hydrogen-bond donors (Lipinski definition) is 1. The summed E-state index contributed by atoms with van der Waals surface area (Å²) >= 11 is 0. The van der Waals surface area contributed by atoms with E-state index in [1.807, 2.05) is 0 Å². The Morgan fingerprint density at radius 1 is 1.29 bits per heavy atom. The summed E-state index contributed by atoms with van der Waals surface area (Å²) in [5, 5.41) is 3.58. The quantitative estimate of drug-likeness (QED) is 0.836. The van der Waals surface area contributed by atoms with E-state index < -0.39 is 0 Å². The van der Waals surface area contributed by atoms with Gasteiger partial charge < -0.3 is 10.2 Å². The average molecular weight is 228 g/mol. The molecular formula is C15H20N2. The Hall–Kier alpha value is -1.02. The molecule has 2 saturated heterocycles. The zero-order valence-electron chi connectivity index (χ0n) is 10.4. The van der Waals surface area contributed by atoms with Gasteiger partial charge in [-0.15, -0.1) is 0 Å². The minimum atomic E-state index is 0.741. The van der Waals surface area contributed by atoms with Crippen molar-refractivity contribution in [1.82, 2.24) is 5.32 Å². The van der Waals surface area contributed by atoms with Crippen LogP contribution in [-0.2, 0) is 0 Å². The van der Waals surface area contributed by atoms with E-state index in [-0.39, 0.29) is 0 Å². The van der Waals surface area contributed by atoms with E-state index in [4.69, 9.17) is 0 Å². The predicted octanol–water partition coefficient (Wildman–Crippen LogP) is 2.42. The number of benzene rings is 1. The maximum Gasteiger partial charge on any atom is 0.0430 e. The molecule has 1 aromatic carbocycles. The molecule has 0 amide bonds. The molecule has 2 heterocycles. The lowest BCUT2D eigenvalue weighted by atomic mass is 10.0. The molecule has 0 unspecified atom stereocenters. The summed E-state index contributed by atoms with van der Waals surface area (Å²) in [6.07, 6.45) is 4.14.